The molecule has 100 valence electrons. The molecule has 18 heavy (non-hydrogen) atoms. The third kappa shape index (κ3) is 2.30. The van der Waals surface area contributed by atoms with Gasteiger partial charge in [0.2, 0.25) is 10.0 Å². The van der Waals surface area contributed by atoms with Crippen LogP contribution in [0.1, 0.15) is 6.92 Å². The average molecular weight is 289 g/mol. The third-order valence-corrected chi connectivity index (χ3v) is 7.07. The van der Waals surface area contributed by atoms with Gasteiger partial charge in [-0.3, -0.25) is 0 Å². The number of hydrogen-bond donors (Lipinski definition) is 0. The summed E-state index contributed by atoms with van der Waals surface area (Å²) in [6.07, 6.45) is 0. The second-order valence-corrected chi connectivity index (χ2v) is 8.72. The summed E-state index contributed by atoms with van der Waals surface area (Å²) in [6, 6.07) is 8.05. The summed E-state index contributed by atoms with van der Waals surface area (Å²) in [5, 5.41) is -0.555. The quantitative estimate of drug-likeness (QED) is 0.809. The molecule has 0 aromatic heterocycles. The van der Waals surface area contributed by atoms with Gasteiger partial charge in [0.15, 0.2) is 9.84 Å². The Balaban J connectivity index is 2.14. The summed E-state index contributed by atoms with van der Waals surface area (Å²) in [7, 11) is -6.68. The molecule has 0 spiro atoms. The topological polar surface area (TPSA) is 71.5 Å². The highest BCUT2D eigenvalue weighted by atomic mass is 32.2. The van der Waals surface area contributed by atoms with Crippen LogP contribution in [0.25, 0.3) is 0 Å². The summed E-state index contributed by atoms with van der Waals surface area (Å²) in [6.45, 7) is 1.70. The minimum Gasteiger partial charge on any atom is -0.228 e. The molecule has 2 rings (SSSR count). The Bertz CT molecular complexity index is 616. The number of hydrogen-bond acceptors (Lipinski definition) is 4. The highest BCUT2D eigenvalue weighted by Crippen LogP contribution is 2.25. The molecule has 0 unspecified atom stereocenters. The zero-order valence-electron chi connectivity index (χ0n) is 9.98. The molecule has 1 aromatic carbocycles. The minimum absolute atomic E-state index is 0.0525. The SMILES string of the molecule is CCS(=O)(=O)C1CN(S(=O)(=O)c2ccccc2)C1. The molecule has 1 heterocycles. The number of sulfonamides is 1. The Morgan fingerprint density at radius 1 is 1.11 bits per heavy atom. The van der Waals surface area contributed by atoms with Crippen molar-refractivity contribution in [1.29, 1.82) is 0 Å². The maximum Gasteiger partial charge on any atom is 0.243 e. The van der Waals surface area contributed by atoms with Crippen molar-refractivity contribution in [2.75, 3.05) is 18.8 Å². The van der Waals surface area contributed by atoms with E-state index in [-0.39, 0.29) is 23.7 Å². The van der Waals surface area contributed by atoms with Crippen LogP contribution in [-0.2, 0) is 19.9 Å². The molecule has 0 aliphatic carbocycles. The van der Waals surface area contributed by atoms with Crippen molar-refractivity contribution in [3.8, 4) is 0 Å². The molecule has 1 aliphatic heterocycles. The lowest BCUT2D eigenvalue weighted by Gasteiger charge is -2.37. The highest BCUT2D eigenvalue weighted by Gasteiger charge is 2.42. The fourth-order valence-electron chi connectivity index (χ4n) is 1.80. The molecule has 0 radical (unpaired) electrons. The smallest absolute Gasteiger partial charge is 0.228 e. The van der Waals surface area contributed by atoms with E-state index in [0.29, 0.717) is 0 Å². The maximum atomic E-state index is 12.1. The first-order valence-electron chi connectivity index (χ1n) is 5.64. The normalized spacial score (nSPS) is 18.5. The van der Waals surface area contributed by atoms with Crippen molar-refractivity contribution >= 4 is 19.9 Å². The van der Waals surface area contributed by atoms with Crippen LogP contribution in [0.3, 0.4) is 0 Å². The van der Waals surface area contributed by atoms with Crippen LogP contribution < -0.4 is 0 Å². The van der Waals surface area contributed by atoms with E-state index in [4.69, 9.17) is 0 Å². The summed E-state index contributed by atoms with van der Waals surface area (Å²) in [5.74, 6) is 0.0525. The number of nitrogens with zero attached hydrogens (tertiary/aromatic N) is 1. The summed E-state index contributed by atoms with van der Waals surface area (Å²) in [5.41, 5.74) is 0. The van der Waals surface area contributed by atoms with Crippen LogP contribution in [0, 0.1) is 0 Å². The van der Waals surface area contributed by atoms with Gasteiger partial charge in [-0.2, -0.15) is 4.31 Å². The molecule has 0 N–H and O–H groups in total. The van der Waals surface area contributed by atoms with Gasteiger partial charge in [-0.05, 0) is 12.1 Å². The van der Waals surface area contributed by atoms with Gasteiger partial charge >= 0.3 is 0 Å². The van der Waals surface area contributed by atoms with Gasteiger partial charge < -0.3 is 0 Å². The number of sulfone groups is 1. The molecule has 1 fully saturated rings. The lowest BCUT2D eigenvalue weighted by Crippen LogP contribution is -2.56. The Hall–Kier alpha value is -0.920. The van der Waals surface area contributed by atoms with Crippen molar-refractivity contribution in [3.05, 3.63) is 30.3 Å². The Morgan fingerprint density at radius 3 is 2.17 bits per heavy atom. The molecule has 0 amide bonds. The van der Waals surface area contributed by atoms with E-state index in [1.54, 1.807) is 25.1 Å². The summed E-state index contributed by atoms with van der Waals surface area (Å²) < 4.78 is 48.6. The first kappa shape index (κ1) is 13.5. The number of rotatable bonds is 4. The average Bonchev–Trinajstić information content (AvgIpc) is 2.27. The molecule has 5 nitrogen and oxygen atoms in total. The molecule has 0 saturated carbocycles. The van der Waals surface area contributed by atoms with Crippen LogP contribution in [0.15, 0.2) is 35.2 Å². The van der Waals surface area contributed by atoms with Crippen LogP contribution >= 0.6 is 0 Å². The van der Waals surface area contributed by atoms with E-state index >= 15 is 0 Å². The van der Waals surface area contributed by atoms with Gasteiger partial charge in [0.1, 0.15) is 0 Å². The van der Waals surface area contributed by atoms with Gasteiger partial charge in [-0.15, -0.1) is 0 Å². The molecule has 1 saturated heterocycles. The van der Waals surface area contributed by atoms with E-state index in [9.17, 15) is 16.8 Å². The van der Waals surface area contributed by atoms with E-state index in [2.05, 4.69) is 0 Å². The molecular weight excluding hydrogens is 274 g/mol. The zero-order chi connectivity index (χ0) is 13.4. The predicted octanol–water partition coefficient (Wildman–Crippen LogP) is 0.494. The lowest BCUT2D eigenvalue weighted by molar-refractivity contribution is 0.310. The third-order valence-electron chi connectivity index (χ3n) is 3.11. The Morgan fingerprint density at radius 2 is 1.67 bits per heavy atom. The highest BCUT2D eigenvalue weighted by molar-refractivity contribution is 7.92. The Labute approximate surface area is 107 Å². The van der Waals surface area contributed by atoms with Crippen molar-refractivity contribution in [3.63, 3.8) is 0 Å². The van der Waals surface area contributed by atoms with Gasteiger partial charge in [0.05, 0.1) is 10.1 Å². The largest absolute Gasteiger partial charge is 0.243 e. The second-order valence-electron chi connectivity index (χ2n) is 4.21. The second kappa shape index (κ2) is 4.64. The zero-order valence-corrected chi connectivity index (χ0v) is 11.6. The van der Waals surface area contributed by atoms with Gasteiger partial charge in [0, 0.05) is 18.8 Å². The van der Waals surface area contributed by atoms with Crippen molar-refractivity contribution < 1.29 is 16.8 Å². The van der Waals surface area contributed by atoms with Crippen molar-refractivity contribution in [2.45, 2.75) is 17.1 Å². The van der Waals surface area contributed by atoms with Gasteiger partial charge in [-0.25, -0.2) is 16.8 Å². The molecular formula is C11H15NO4S2. The van der Waals surface area contributed by atoms with E-state index in [1.807, 2.05) is 0 Å². The van der Waals surface area contributed by atoms with Crippen LogP contribution in [0.5, 0.6) is 0 Å². The summed E-state index contributed by atoms with van der Waals surface area (Å²) in [4.78, 5) is 0.206. The molecule has 0 atom stereocenters. The Kier molecular flexibility index (Phi) is 3.48. The van der Waals surface area contributed by atoms with Crippen molar-refractivity contribution in [2.24, 2.45) is 0 Å². The maximum absolute atomic E-state index is 12.1. The first-order valence-corrected chi connectivity index (χ1v) is 8.80. The fraction of sp³-hybridized carbons (Fsp3) is 0.455. The monoisotopic (exact) mass is 289 g/mol. The van der Waals surface area contributed by atoms with Gasteiger partial charge in [0.25, 0.3) is 0 Å². The fourth-order valence-corrected chi connectivity index (χ4v) is 4.83. The van der Waals surface area contributed by atoms with E-state index in [1.165, 1.54) is 16.4 Å². The van der Waals surface area contributed by atoms with Gasteiger partial charge in [-0.1, -0.05) is 25.1 Å². The van der Waals surface area contributed by atoms with Crippen LogP contribution in [-0.4, -0.2) is 45.2 Å². The number of benzene rings is 1. The molecule has 1 aliphatic rings. The van der Waals surface area contributed by atoms with Crippen molar-refractivity contribution in [1.82, 2.24) is 4.31 Å². The minimum atomic E-state index is -3.53. The molecule has 7 heteroatoms. The summed E-state index contributed by atoms with van der Waals surface area (Å²) >= 11 is 0. The lowest BCUT2D eigenvalue weighted by atomic mass is 10.3. The predicted molar refractivity (Wildman–Crippen MR) is 68.4 cm³/mol. The van der Waals surface area contributed by atoms with Crippen LogP contribution in [0.4, 0.5) is 0 Å². The molecule has 0 bridgehead atoms. The van der Waals surface area contributed by atoms with E-state index in [0.717, 1.165) is 0 Å². The van der Waals surface area contributed by atoms with Crippen LogP contribution in [0.2, 0.25) is 0 Å². The molecule has 1 aromatic rings. The standard InChI is InChI=1S/C11H15NO4S2/c1-2-17(13,14)11-8-12(9-11)18(15,16)10-6-4-3-5-7-10/h3-7,11H,2,8-9H2,1H3. The first-order chi connectivity index (χ1) is 8.38. The van der Waals surface area contributed by atoms with E-state index < -0.39 is 25.1 Å².